The molecule has 0 fully saturated rings. The Morgan fingerprint density at radius 1 is 1.00 bits per heavy atom. The highest BCUT2D eigenvalue weighted by Gasteiger charge is 2.05. The first-order valence-corrected chi connectivity index (χ1v) is 6.06. The largest absolute Gasteiger partial charge is 0.497 e. The van der Waals surface area contributed by atoms with Crippen molar-refractivity contribution >= 4 is 11.4 Å². The van der Waals surface area contributed by atoms with Gasteiger partial charge in [-0.3, -0.25) is 4.79 Å². The van der Waals surface area contributed by atoms with Gasteiger partial charge in [0.2, 0.25) is 0 Å². The third-order valence-electron chi connectivity index (χ3n) is 3.06. The number of carbonyl (C=O) groups is 1. The molecule has 2 heteroatoms. The molecular formula is C17H16O2. The fraction of sp³-hybridized carbons (Fsp3) is 0.118. The first-order chi connectivity index (χ1) is 9.11. The summed E-state index contributed by atoms with van der Waals surface area (Å²) in [6, 6.07) is 15.2. The molecule has 0 unspecified atom stereocenters. The minimum absolute atomic E-state index is 0.0596. The average molecular weight is 252 g/mol. The summed E-state index contributed by atoms with van der Waals surface area (Å²) in [5, 5.41) is 0. The highest BCUT2D eigenvalue weighted by Crippen LogP contribution is 2.24. The second-order valence-corrected chi connectivity index (χ2v) is 4.34. The van der Waals surface area contributed by atoms with Gasteiger partial charge in [0.25, 0.3) is 0 Å². The maximum Gasteiger partial charge on any atom is 0.159 e. The molecule has 0 saturated carbocycles. The van der Waals surface area contributed by atoms with Crippen molar-refractivity contribution in [3.05, 3.63) is 71.8 Å². The van der Waals surface area contributed by atoms with Gasteiger partial charge in [-0.15, -0.1) is 0 Å². The topological polar surface area (TPSA) is 26.3 Å². The first-order valence-electron chi connectivity index (χ1n) is 6.06. The van der Waals surface area contributed by atoms with E-state index in [0.717, 1.165) is 22.4 Å². The van der Waals surface area contributed by atoms with Crippen LogP contribution in [0.4, 0.5) is 0 Å². The van der Waals surface area contributed by atoms with Crippen molar-refractivity contribution in [2.24, 2.45) is 0 Å². The highest BCUT2D eigenvalue weighted by atomic mass is 16.5. The third-order valence-corrected chi connectivity index (χ3v) is 3.06. The molecule has 0 spiro atoms. The van der Waals surface area contributed by atoms with Crippen LogP contribution < -0.4 is 4.74 Å². The summed E-state index contributed by atoms with van der Waals surface area (Å²) in [4.78, 5) is 11.4. The van der Waals surface area contributed by atoms with Crippen molar-refractivity contribution in [2.75, 3.05) is 7.11 Å². The number of ketones is 1. The molecule has 0 saturated heterocycles. The van der Waals surface area contributed by atoms with Crippen molar-refractivity contribution in [3.8, 4) is 5.75 Å². The van der Waals surface area contributed by atoms with Crippen LogP contribution in [0.2, 0.25) is 0 Å². The van der Waals surface area contributed by atoms with Crippen molar-refractivity contribution in [2.45, 2.75) is 6.92 Å². The molecule has 0 aliphatic heterocycles. The molecule has 19 heavy (non-hydrogen) atoms. The molecular weight excluding hydrogens is 236 g/mol. The van der Waals surface area contributed by atoms with E-state index in [2.05, 4.69) is 6.58 Å². The highest BCUT2D eigenvalue weighted by molar-refractivity contribution is 5.95. The van der Waals surface area contributed by atoms with Crippen LogP contribution in [0.25, 0.3) is 5.57 Å². The number of carbonyl (C=O) groups excluding carboxylic acids is 1. The number of Topliss-reactive ketones (excluding diaryl/α,β-unsaturated/α-hetero) is 1. The molecule has 2 nitrogen and oxygen atoms in total. The third kappa shape index (κ3) is 2.91. The summed E-state index contributed by atoms with van der Waals surface area (Å²) >= 11 is 0. The monoisotopic (exact) mass is 252 g/mol. The predicted molar refractivity (Wildman–Crippen MR) is 77.6 cm³/mol. The lowest BCUT2D eigenvalue weighted by Gasteiger charge is -2.08. The Morgan fingerprint density at radius 3 is 2.21 bits per heavy atom. The zero-order valence-electron chi connectivity index (χ0n) is 11.1. The molecule has 0 atom stereocenters. The number of hydrogen-bond acceptors (Lipinski definition) is 2. The van der Waals surface area contributed by atoms with Crippen molar-refractivity contribution in [1.29, 1.82) is 0 Å². The molecule has 0 bridgehead atoms. The van der Waals surface area contributed by atoms with Crippen LogP contribution in [0.5, 0.6) is 5.75 Å². The van der Waals surface area contributed by atoms with Crippen LogP contribution in [-0.2, 0) is 0 Å². The lowest BCUT2D eigenvalue weighted by molar-refractivity contribution is 0.101. The van der Waals surface area contributed by atoms with E-state index in [1.54, 1.807) is 14.0 Å². The lowest BCUT2D eigenvalue weighted by atomic mass is 9.97. The Labute approximate surface area is 113 Å². The zero-order chi connectivity index (χ0) is 13.8. The Bertz CT molecular complexity index is 609. The summed E-state index contributed by atoms with van der Waals surface area (Å²) < 4.78 is 5.13. The van der Waals surface area contributed by atoms with Gasteiger partial charge >= 0.3 is 0 Å². The average Bonchev–Trinajstić information content (AvgIpc) is 2.46. The Hall–Kier alpha value is -2.35. The molecule has 2 rings (SSSR count). The molecule has 0 aromatic heterocycles. The van der Waals surface area contributed by atoms with Gasteiger partial charge in [0.05, 0.1) is 7.11 Å². The van der Waals surface area contributed by atoms with E-state index in [-0.39, 0.29) is 5.78 Å². The first kappa shape index (κ1) is 13.1. The number of hydrogen-bond donors (Lipinski definition) is 0. The molecule has 96 valence electrons. The van der Waals surface area contributed by atoms with Crippen molar-refractivity contribution < 1.29 is 9.53 Å². The van der Waals surface area contributed by atoms with E-state index in [1.165, 1.54) is 0 Å². The lowest BCUT2D eigenvalue weighted by Crippen LogP contribution is -1.94. The number of rotatable bonds is 4. The molecule has 0 amide bonds. The second-order valence-electron chi connectivity index (χ2n) is 4.34. The Morgan fingerprint density at radius 2 is 1.63 bits per heavy atom. The maximum absolute atomic E-state index is 11.4. The van der Waals surface area contributed by atoms with Gasteiger partial charge < -0.3 is 4.74 Å². The smallest absolute Gasteiger partial charge is 0.159 e. The Kier molecular flexibility index (Phi) is 3.81. The van der Waals surface area contributed by atoms with Crippen LogP contribution in [0, 0.1) is 0 Å². The quantitative estimate of drug-likeness (QED) is 0.770. The zero-order valence-corrected chi connectivity index (χ0v) is 11.1. The molecule has 0 N–H and O–H groups in total. The van der Waals surface area contributed by atoms with Gasteiger partial charge in [-0.25, -0.2) is 0 Å². The van der Waals surface area contributed by atoms with Crippen LogP contribution in [0.1, 0.15) is 28.4 Å². The van der Waals surface area contributed by atoms with E-state index in [4.69, 9.17) is 4.74 Å². The number of methoxy groups -OCH3 is 1. The van der Waals surface area contributed by atoms with Gasteiger partial charge in [-0.1, -0.05) is 36.9 Å². The Balaban J connectivity index is 2.32. The number of benzene rings is 2. The van der Waals surface area contributed by atoms with Gasteiger partial charge in [0, 0.05) is 5.56 Å². The fourth-order valence-corrected chi connectivity index (χ4v) is 1.88. The SMILES string of the molecule is C=C(c1ccc(OC)cc1)c1cccc(C(C)=O)c1. The van der Waals surface area contributed by atoms with Crippen LogP contribution >= 0.6 is 0 Å². The van der Waals surface area contributed by atoms with Gasteiger partial charge in [0.1, 0.15) is 5.75 Å². The predicted octanol–water partition coefficient (Wildman–Crippen LogP) is 3.96. The normalized spacial score (nSPS) is 10.0. The van der Waals surface area contributed by atoms with Crippen LogP contribution in [-0.4, -0.2) is 12.9 Å². The summed E-state index contributed by atoms with van der Waals surface area (Å²) in [6.45, 7) is 5.66. The number of ether oxygens (including phenoxy) is 1. The molecule has 0 radical (unpaired) electrons. The van der Waals surface area contributed by atoms with Crippen molar-refractivity contribution in [3.63, 3.8) is 0 Å². The van der Waals surface area contributed by atoms with Crippen LogP contribution in [0.15, 0.2) is 55.1 Å². The van der Waals surface area contributed by atoms with Crippen molar-refractivity contribution in [1.82, 2.24) is 0 Å². The minimum Gasteiger partial charge on any atom is -0.497 e. The van der Waals surface area contributed by atoms with E-state index in [0.29, 0.717) is 5.56 Å². The molecule has 2 aromatic rings. The van der Waals surface area contributed by atoms with E-state index in [9.17, 15) is 4.79 Å². The summed E-state index contributed by atoms with van der Waals surface area (Å²) in [5.41, 5.74) is 3.57. The maximum atomic E-state index is 11.4. The van der Waals surface area contributed by atoms with Crippen LogP contribution in [0.3, 0.4) is 0 Å². The van der Waals surface area contributed by atoms with Gasteiger partial charge in [0.15, 0.2) is 5.78 Å². The van der Waals surface area contributed by atoms with E-state index >= 15 is 0 Å². The minimum atomic E-state index is 0.0596. The summed E-state index contributed by atoms with van der Waals surface area (Å²) in [5.74, 6) is 0.874. The van der Waals surface area contributed by atoms with Gasteiger partial charge in [-0.2, -0.15) is 0 Å². The summed E-state index contributed by atoms with van der Waals surface area (Å²) in [7, 11) is 1.64. The molecule has 0 heterocycles. The standard InChI is InChI=1S/C17H16O2/c1-12(14-7-9-17(19-3)10-8-14)15-5-4-6-16(11-15)13(2)18/h4-11H,1H2,2-3H3. The van der Waals surface area contributed by atoms with Gasteiger partial charge in [-0.05, 0) is 41.8 Å². The van der Waals surface area contributed by atoms with E-state index < -0.39 is 0 Å². The molecule has 0 aliphatic rings. The second kappa shape index (κ2) is 5.53. The van der Waals surface area contributed by atoms with E-state index in [1.807, 2.05) is 48.5 Å². The fourth-order valence-electron chi connectivity index (χ4n) is 1.88. The summed E-state index contributed by atoms with van der Waals surface area (Å²) in [6.07, 6.45) is 0. The molecule has 2 aromatic carbocycles. The molecule has 0 aliphatic carbocycles.